The second-order valence-electron chi connectivity index (χ2n) is 3.21. The van der Waals surface area contributed by atoms with E-state index >= 15 is 0 Å². The van der Waals surface area contributed by atoms with E-state index in [4.69, 9.17) is 5.11 Å². The summed E-state index contributed by atoms with van der Waals surface area (Å²) < 4.78 is 2.10. The molecule has 1 aromatic heterocycles. The lowest BCUT2D eigenvalue weighted by atomic mass is 10.3. The standard InChI is InChI=1S/C8H13N3O/c1-10-2-3-11-7(5-10)4-9-8(11)6-12/h4,12H,2-3,5-6H2,1H3. The molecule has 1 aromatic rings. The summed E-state index contributed by atoms with van der Waals surface area (Å²) in [4.78, 5) is 6.39. The molecule has 0 radical (unpaired) electrons. The first kappa shape index (κ1) is 7.76. The van der Waals surface area contributed by atoms with Gasteiger partial charge in [0.25, 0.3) is 0 Å². The van der Waals surface area contributed by atoms with Gasteiger partial charge in [0, 0.05) is 25.8 Å². The molecule has 0 spiro atoms. The molecule has 1 aliphatic heterocycles. The SMILES string of the molecule is CN1CCn2c(cnc2CO)C1. The number of imidazole rings is 1. The van der Waals surface area contributed by atoms with E-state index in [1.807, 2.05) is 6.20 Å². The second kappa shape index (κ2) is 2.88. The van der Waals surface area contributed by atoms with Crippen LogP contribution in [0.15, 0.2) is 6.20 Å². The Morgan fingerprint density at radius 1 is 1.58 bits per heavy atom. The molecule has 1 N–H and O–H groups in total. The fraction of sp³-hybridized carbons (Fsp3) is 0.625. The zero-order valence-corrected chi connectivity index (χ0v) is 7.19. The molecule has 4 nitrogen and oxygen atoms in total. The van der Waals surface area contributed by atoms with Gasteiger partial charge in [-0.2, -0.15) is 0 Å². The highest BCUT2D eigenvalue weighted by Gasteiger charge is 2.15. The van der Waals surface area contributed by atoms with Crippen molar-refractivity contribution in [1.82, 2.24) is 14.5 Å². The zero-order chi connectivity index (χ0) is 8.55. The van der Waals surface area contributed by atoms with Crippen molar-refractivity contribution in [2.75, 3.05) is 13.6 Å². The zero-order valence-electron chi connectivity index (χ0n) is 7.19. The number of hydrogen-bond donors (Lipinski definition) is 1. The second-order valence-corrected chi connectivity index (χ2v) is 3.21. The summed E-state index contributed by atoms with van der Waals surface area (Å²) in [6.45, 7) is 2.97. The lowest BCUT2D eigenvalue weighted by Crippen LogP contribution is -2.30. The minimum absolute atomic E-state index is 0.0454. The highest BCUT2D eigenvalue weighted by Crippen LogP contribution is 2.12. The molecule has 0 atom stereocenters. The number of nitrogens with zero attached hydrogens (tertiary/aromatic N) is 3. The van der Waals surface area contributed by atoms with Gasteiger partial charge in [-0.05, 0) is 7.05 Å². The first-order valence-corrected chi connectivity index (χ1v) is 4.14. The van der Waals surface area contributed by atoms with Crippen molar-refractivity contribution in [3.8, 4) is 0 Å². The summed E-state index contributed by atoms with van der Waals surface area (Å²) in [7, 11) is 2.09. The normalized spacial score (nSPS) is 17.8. The van der Waals surface area contributed by atoms with Gasteiger partial charge in [0.05, 0.1) is 5.69 Å². The van der Waals surface area contributed by atoms with Crippen molar-refractivity contribution in [3.05, 3.63) is 17.7 Å². The molecule has 66 valence electrons. The number of likely N-dealkylation sites (N-methyl/N-ethyl adjacent to an activating group) is 1. The fourth-order valence-corrected chi connectivity index (χ4v) is 1.61. The van der Waals surface area contributed by atoms with Gasteiger partial charge in [-0.1, -0.05) is 0 Å². The van der Waals surface area contributed by atoms with Crippen molar-refractivity contribution in [2.45, 2.75) is 19.7 Å². The van der Waals surface area contributed by atoms with E-state index in [1.54, 1.807) is 0 Å². The third-order valence-electron chi connectivity index (χ3n) is 2.30. The summed E-state index contributed by atoms with van der Waals surface area (Å²) in [6.07, 6.45) is 1.85. The Bertz CT molecular complexity index is 282. The van der Waals surface area contributed by atoms with Gasteiger partial charge < -0.3 is 9.67 Å². The van der Waals surface area contributed by atoms with Gasteiger partial charge in [0.1, 0.15) is 12.4 Å². The first-order valence-electron chi connectivity index (χ1n) is 4.14. The summed E-state index contributed by atoms with van der Waals surface area (Å²) in [5, 5.41) is 8.95. The first-order chi connectivity index (χ1) is 5.81. The van der Waals surface area contributed by atoms with Gasteiger partial charge in [-0.25, -0.2) is 4.98 Å². The Labute approximate surface area is 71.4 Å². The maximum Gasteiger partial charge on any atom is 0.134 e. The van der Waals surface area contributed by atoms with Crippen LogP contribution in [0.3, 0.4) is 0 Å². The Hall–Kier alpha value is -0.870. The van der Waals surface area contributed by atoms with E-state index in [-0.39, 0.29) is 6.61 Å². The lowest BCUT2D eigenvalue weighted by Gasteiger charge is -2.24. The van der Waals surface area contributed by atoms with Crippen LogP contribution in [0.25, 0.3) is 0 Å². The van der Waals surface area contributed by atoms with Crippen LogP contribution in [0.4, 0.5) is 0 Å². The van der Waals surface area contributed by atoms with Gasteiger partial charge in [-0.15, -0.1) is 0 Å². The fourth-order valence-electron chi connectivity index (χ4n) is 1.61. The van der Waals surface area contributed by atoms with Crippen LogP contribution in [0.2, 0.25) is 0 Å². The van der Waals surface area contributed by atoms with Crippen LogP contribution >= 0.6 is 0 Å². The van der Waals surface area contributed by atoms with Crippen LogP contribution in [-0.4, -0.2) is 33.1 Å². The molecule has 0 saturated carbocycles. The van der Waals surface area contributed by atoms with Crippen LogP contribution < -0.4 is 0 Å². The van der Waals surface area contributed by atoms with E-state index in [2.05, 4.69) is 21.5 Å². The van der Waals surface area contributed by atoms with Crippen LogP contribution in [0.5, 0.6) is 0 Å². The van der Waals surface area contributed by atoms with Gasteiger partial charge >= 0.3 is 0 Å². The highest BCUT2D eigenvalue weighted by atomic mass is 16.3. The molecule has 0 aliphatic carbocycles. The molecule has 1 aliphatic rings. The molecule has 0 fully saturated rings. The van der Waals surface area contributed by atoms with E-state index in [0.717, 1.165) is 25.5 Å². The Kier molecular flexibility index (Phi) is 1.86. The third-order valence-corrected chi connectivity index (χ3v) is 2.30. The van der Waals surface area contributed by atoms with Crippen molar-refractivity contribution < 1.29 is 5.11 Å². The number of fused-ring (bicyclic) bond motifs is 1. The molecule has 12 heavy (non-hydrogen) atoms. The van der Waals surface area contributed by atoms with Gasteiger partial charge in [0.2, 0.25) is 0 Å². The topological polar surface area (TPSA) is 41.3 Å². The van der Waals surface area contributed by atoms with E-state index in [9.17, 15) is 0 Å². The Morgan fingerprint density at radius 2 is 2.42 bits per heavy atom. The largest absolute Gasteiger partial charge is 0.388 e. The van der Waals surface area contributed by atoms with Gasteiger partial charge in [0.15, 0.2) is 0 Å². The number of aliphatic hydroxyl groups is 1. The maximum absolute atomic E-state index is 8.95. The average molecular weight is 167 g/mol. The molecule has 2 rings (SSSR count). The quantitative estimate of drug-likeness (QED) is 0.631. The van der Waals surface area contributed by atoms with Crippen LogP contribution in [0, 0.1) is 0 Å². The Morgan fingerprint density at radius 3 is 3.17 bits per heavy atom. The molecule has 0 amide bonds. The monoisotopic (exact) mass is 167 g/mol. The average Bonchev–Trinajstić information content (AvgIpc) is 2.46. The van der Waals surface area contributed by atoms with Gasteiger partial charge in [-0.3, -0.25) is 4.90 Å². The van der Waals surface area contributed by atoms with Crippen LogP contribution in [0.1, 0.15) is 11.5 Å². The van der Waals surface area contributed by atoms with Crippen molar-refractivity contribution in [3.63, 3.8) is 0 Å². The van der Waals surface area contributed by atoms with E-state index in [1.165, 1.54) is 5.69 Å². The smallest absolute Gasteiger partial charge is 0.134 e. The lowest BCUT2D eigenvalue weighted by molar-refractivity contribution is 0.238. The number of aromatic nitrogens is 2. The Balaban J connectivity index is 2.32. The molecule has 0 aromatic carbocycles. The predicted molar refractivity (Wildman–Crippen MR) is 44.5 cm³/mol. The summed E-state index contributed by atoms with van der Waals surface area (Å²) in [5.74, 6) is 0.790. The van der Waals surface area contributed by atoms with Crippen molar-refractivity contribution in [2.24, 2.45) is 0 Å². The maximum atomic E-state index is 8.95. The van der Waals surface area contributed by atoms with Crippen molar-refractivity contribution >= 4 is 0 Å². The molecule has 2 heterocycles. The molecule has 0 bridgehead atoms. The highest BCUT2D eigenvalue weighted by molar-refractivity contribution is 5.06. The third kappa shape index (κ3) is 1.13. The number of hydrogen-bond acceptors (Lipinski definition) is 3. The molecule has 0 saturated heterocycles. The number of rotatable bonds is 1. The van der Waals surface area contributed by atoms with E-state index in [0.29, 0.717) is 0 Å². The van der Waals surface area contributed by atoms with Crippen molar-refractivity contribution in [1.29, 1.82) is 0 Å². The summed E-state index contributed by atoms with van der Waals surface area (Å²) in [6, 6.07) is 0. The summed E-state index contributed by atoms with van der Waals surface area (Å²) in [5.41, 5.74) is 1.20. The molecular formula is C8H13N3O. The minimum Gasteiger partial charge on any atom is -0.388 e. The molecular weight excluding hydrogens is 154 g/mol. The minimum atomic E-state index is 0.0454. The predicted octanol–water partition coefficient (Wildman–Crippen LogP) is -0.179. The molecule has 0 unspecified atom stereocenters. The molecule has 4 heteroatoms. The van der Waals surface area contributed by atoms with E-state index < -0.39 is 0 Å². The van der Waals surface area contributed by atoms with Crippen LogP contribution in [-0.2, 0) is 19.7 Å². The summed E-state index contributed by atoms with van der Waals surface area (Å²) >= 11 is 0. The number of aliphatic hydroxyl groups excluding tert-OH is 1.